The molecule has 60 heavy (non-hydrogen) atoms. The Balaban J connectivity index is 5.54. The van der Waals surface area contributed by atoms with Crippen LogP contribution in [0.3, 0.4) is 0 Å². The molecule has 0 aliphatic heterocycles. The van der Waals surface area contributed by atoms with Crippen molar-refractivity contribution in [1.29, 1.82) is 21.0 Å². The number of sulfonamides is 2. The Labute approximate surface area is 371 Å². The van der Waals surface area contributed by atoms with Crippen molar-refractivity contribution in [3.05, 3.63) is 0 Å². The second-order valence-corrected chi connectivity index (χ2v) is 21.8. The van der Waals surface area contributed by atoms with Crippen molar-refractivity contribution in [2.24, 2.45) is 0 Å². The molecule has 0 spiro atoms. The fraction of sp³-hybridized carbons (Fsp3) is 0.917. The summed E-state index contributed by atoms with van der Waals surface area (Å²) in [6.45, 7) is 4.88. The molecule has 0 fully saturated rings. The topological polar surface area (TPSA) is 170 Å². The summed E-state index contributed by atoms with van der Waals surface area (Å²) in [4.78, 5) is 0. The van der Waals surface area contributed by atoms with E-state index in [2.05, 4.69) is 24.3 Å². The van der Waals surface area contributed by atoms with Gasteiger partial charge in [0.25, 0.3) is 0 Å². The molecule has 0 aliphatic carbocycles. The number of rotatable bonds is 45. The molecule has 0 saturated carbocycles. The maximum Gasteiger partial charge on any atom is 0.218 e. The fourth-order valence-corrected chi connectivity index (χ4v) is 12.2. The van der Waals surface area contributed by atoms with E-state index in [4.69, 9.17) is 21.0 Å². The molecule has 12 heteroatoms. The van der Waals surface area contributed by atoms with Crippen LogP contribution in [0.4, 0.5) is 0 Å². The van der Waals surface area contributed by atoms with Crippen LogP contribution in [0.1, 0.15) is 245 Å². The minimum atomic E-state index is -3.89. The smallest absolute Gasteiger partial charge is 0.212 e. The Bertz CT molecular complexity index is 1220. The lowest BCUT2D eigenvalue weighted by Crippen LogP contribution is -2.49. The molecule has 0 radical (unpaired) electrons. The number of hydrogen-bond donors (Lipinski definition) is 0. The highest BCUT2D eigenvalue weighted by Crippen LogP contribution is 2.24. The monoisotopic (exact) mass is 877 g/mol. The first-order valence-corrected chi connectivity index (χ1v) is 27.6. The normalized spacial score (nSPS) is 12.9. The van der Waals surface area contributed by atoms with E-state index in [-0.39, 0.29) is 0 Å². The van der Waals surface area contributed by atoms with Gasteiger partial charge in [0.2, 0.25) is 20.0 Å². The lowest BCUT2D eigenvalue weighted by molar-refractivity contribution is 0.368. The molecule has 10 nitrogen and oxygen atoms in total. The van der Waals surface area contributed by atoms with E-state index >= 15 is 0 Å². The summed E-state index contributed by atoms with van der Waals surface area (Å²) in [6, 6.07) is 8.82. The highest BCUT2D eigenvalue weighted by molar-refractivity contribution is 7.93. The average Bonchev–Trinajstić information content (AvgIpc) is 3.23. The van der Waals surface area contributed by atoms with E-state index < -0.39 is 30.5 Å². The number of hydrogen-bond acceptors (Lipinski definition) is 8. The summed E-state index contributed by atoms with van der Waals surface area (Å²) >= 11 is 0. The maximum absolute atomic E-state index is 14.4. The Kier molecular flexibility index (Phi) is 39.3. The third-order valence-corrected chi connectivity index (χ3v) is 17.1. The molecule has 0 saturated heterocycles. The third-order valence-electron chi connectivity index (χ3n) is 12.1. The van der Waals surface area contributed by atoms with Gasteiger partial charge in [-0.1, -0.05) is 154 Å². The minimum Gasteiger partial charge on any atom is -0.212 e. The van der Waals surface area contributed by atoms with Gasteiger partial charge in [-0.3, -0.25) is 0 Å². The Morgan fingerprint density at radius 2 is 0.450 bits per heavy atom. The summed E-state index contributed by atoms with van der Waals surface area (Å²) in [5, 5.41) is 32.9. The van der Waals surface area contributed by atoms with Gasteiger partial charge in [-0.15, -0.1) is 0 Å². The molecule has 0 aromatic heterocycles. The lowest BCUT2D eigenvalue weighted by atomic mass is 10.1. The predicted octanol–water partition coefficient (Wildman–Crippen LogP) is 13.2. The minimum absolute atomic E-state index is 0.418. The molecule has 2 atom stereocenters. The van der Waals surface area contributed by atoms with Gasteiger partial charge in [-0.25, -0.2) is 25.4 Å². The number of nitrogens with zero attached hydrogens (tertiary/aromatic N) is 6. The van der Waals surface area contributed by atoms with Crippen molar-refractivity contribution in [3.63, 3.8) is 0 Å². The van der Waals surface area contributed by atoms with Gasteiger partial charge in [-0.2, -0.15) is 21.0 Å². The van der Waals surface area contributed by atoms with Gasteiger partial charge in [0.15, 0.2) is 0 Å². The first-order chi connectivity index (χ1) is 29.1. The molecule has 0 amide bonds. The van der Waals surface area contributed by atoms with Gasteiger partial charge in [0.05, 0.1) is 34.8 Å². The van der Waals surface area contributed by atoms with E-state index in [9.17, 15) is 16.8 Å². The van der Waals surface area contributed by atoms with E-state index in [0.29, 0.717) is 51.9 Å². The molecule has 0 aromatic rings. The molecular formula is C48H88N6O4S2. The summed E-state index contributed by atoms with van der Waals surface area (Å²) in [6.07, 6.45) is 35.0. The number of unbranched alkanes of at least 4 members (excludes halogenated alkanes) is 32. The Morgan fingerprint density at radius 3 is 0.617 bits per heavy atom. The fourth-order valence-electron chi connectivity index (χ4n) is 7.90. The largest absolute Gasteiger partial charge is 0.218 e. The molecule has 0 aliphatic rings. The summed E-state index contributed by atoms with van der Waals surface area (Å²) in [5.74, 6) is 0. The van der Waals surface area contributed by atoms with Crippen LogP contribution in [0, 0.1) is 45.3 Å². The SMILES string of the molecule is CC(C(C)S(=O)(=O)N(CCCCCCCCCCC#N)CCCCCCCCCCC#N)S(=O)(=O)N(CCCCCCCCCCC#N)CCCCCCCCCCC#N. The molecule has 2 unspecified atom stereocenters. The first-order valence-electron chi connectivity index (χ1n) is 24.6. The second-order valence-electron chi connectivity index (χ2n) is 17.2. The van der Waals surface area contributed by atoms with E-state index in [0.717, 1.165) is 205 Å². The third kappa shape index (κ3) is 30.8. The predicted molar refractivity (Wildman–Crippen MR) is 249 cm³/mol. The van der Waals surface area contributed by atoms with Crippen LogP contribution in [0.5, 0.6) is 0 Å². The Morgan fingerprint density at radius 1 is 0.300 bits per heavy atom. The van der Waals surface area contributed by atoms with E-state index in [1.165, 1.54) is 0 Å². The molecule has 0 rings (SSSR count). The molecule has 0 bridgehead atoms. The molecule has 346 valence electrons. The van der Waals surface area contributed by atoms with E-state index in [1.54, 1.807) is 22.5 Å². The van der Waals surface area contributed by atoms with Crippen molar-refractivity contribution >= 4 is 20.0 Å². The lowest BCUT2D eigenvalue weighted by Gasteiger charge is -2.32. The highest BCUT2D eigenvalue weighted by atomic mass is 32.2. The second kappa shape index (κ2) is 40.8. The van der Waals surface area contributed by atoms with Crippen LogP contribution in [0.15, 0.2) is 0 Å². The van der Waals surface area contributed by atoms with Gasteiger partial charge in [-0.05, 0) is 65.2 Å². The maximum atomic E-state index is 14.4. The highest BCUT2D eigenvalue weighted by Gasteiger charge is 2.40. The zero-order valence-corrected chi connectivity index (χ0v) is 40.2. The van der Waals surface area contributed by atoms with Gasteiger partial charge < -0.3 is 0 Å². The van der Waals surface area contributed by atoms with Crippen molar-refractivity contribution in [3.8, 4) is 24.3 Å². The van der Waals surface area contributed by atoms with Crippen molar-refractivity contribution < 1.29 is 16.8 Å². The van der Waals surface area contributed by atoms with Gasteiger partial charge >= 0.3 is 0 Å². The molecule has 0 heterocycles. The van der Waals surface area contributed by atoms with Crippen molar-refractivity contribution in [1.82, 2.24) is 8.61 Å². The van der Waals surface area contributed by atoms with Crippen LogP contribution >= 0.6 is 0 Å². The standard InChI is InChI=1S/C48H88N6O4S2/c1-47(59(55,56)53(43-35-27-19-11-3-7-15-23-31-39-49)44-36-28-20-12-4-8-16-24-32-40-50)48(2)60(57,58)54(45-37-29-21-13-5-9-17-25-33-41-51)46-38-30-22-14-6-10-18-26-34-42-52/h47-48H,3-38,43-46H2,1-2H3. The first kappa shape index (κ1) is 57.8. The molecular weight excluding hydrogens is 789 g/mol. The van der Waals surface area contributed by atoms with Crippen LogP contribution in [0.2, 0.25) is 0 Å². The average molecular weight is 877 g/mol. The van der Waals surface area contributed by atoms with Crippen molar-refractivity contribution in [2.45, 2.75) is 255 Å². The van der Waals surface area contributed by atoms with Crippen LogP contribution < -0.4 is 0 Å². The quantitative estimate of drug-likeness (QED) is 0.0544. The summed E-state index contributed by atoms with van der Waals surface area (Å²) < 4.78 is 60.7. The zero-order chi connectivity index (χ0) is 44.4. The van der Waals surface area contributed by atoms with Crippen LogP contribution in [0.25, 0.3) is 0 Å². The van der Waals surface area contributed by atoms with Gasteiger partial charge in [0.1, 0.15) is 0 Å². The van der Waals surface area contributed by atoms with Gasteiger partial charge in [0, 0.05) is 51.9 Å². The van der Waals surface area contributed by atoms with Crippen LogP contribution in [-0.2, 0) is 20.0 Å². The summed E-state index contributed by atoms with van der Waals surface area (Å²) in [5.41, 5.74) is 0. The number of nitriles is 4. The van der Waals surface area contributed by atoms with E-state index in [1.807, 2.05) is 0 Å². The van der Waals surface area contributed by atoms with Crippen molar-refractivity contribution in [2.75, 3.05) is 26.2 Å². The zero-order valence-electron chi connectivity index (χ0n) is 38.6. The van der Waals surface area contributed by atoms with Crippen LogP contribution in [-0.4, -0.2) is 62.1 Å². The molecule has 0 N–H and O–H groups in total. The Hall–Kier alpha value is -2.22. The molecule has 0 aromatic carbocycles. The summed E-state index contributed by atoms with van der Waals surface area (Å²) in [7, 11) is -7.77.